The Morgan fingerprint density at radius 2 is 2.06 bits per heavy atom. The number of nitrogens with zero attached hydrogens (tertiary/aromatic N) is 1. The molecule has 0 saturated heterocycles. The maximum absolute atomic E-state index is 5.99. The molecule has 0 amide bonds. The first-order valence-electron chi connectivity index (χ1n) is 6.47. The summed E-state index contributed by atoms with van der Waals surface area (Å²) in [6, 6.07) is 0. The summed E-state index contributed by atoms with van der Waals surface area (Å²) in [7, 11) is 0. The highest BCUT2D eigenvalue weighted by atomic mass is 32.1. The van der Waals surface area contributed by atoms with Crippen LogP contribution in [0.4, 0.5) is 5.13 Å². The van der Waals surface area contributed by atoms with Gasteiger partial charge in [-0.1, -0.05) is 6.92 Å². The Balaban J connectivity index is 2.09. The van der Waals surface area contributed by atoms with Crippen LogP contribution in [0.5, 0.6) is 0 Å². The van der Waals surface area contributed by atoms with Gasteiger partial charge < -0.3 is 11.1 Å². The van der Waals surface area contributed by atoms with Crippen LogP contribution in [-0.2, 0) is 0 Å². The Hall–Kier alpha value is -0.610. The quantitative estimate of drug-likeness (QED) is 0.870. The van der Waals surface area contributed by atoms with E-state index in [0.717, 1.165) is 16.7 Å². The maximum atomic E-state index is 5.99. The fraction of sp³-hybridized carbons (Fsp3) is 0.769. The van der Waals surface area contributed by atoms with Gasteiger partial charge in [0.2, 0.25) is 0 Å². The Morgan fingerprint density at radius 3 is 2.53 bits per heavy atom. The molecule has 1 fully saturated rings. The minimum atomic E-state index is 0.0866. The van der Waals surface area contributed by atoms with E-state index in [9.17, 15) is 0 Å². The summed E-state index contributed by atoms with van der Waals surface area (Å²) in [5.74, 6) is 0.844. The van der Waals surface area contributed by atoms with E-state index >= 15 is 0 Å². The molecule has 3 N–H and O–H groups in total. The van der Waals surface area contributed by atoms with Crippen molar-refractivity contribution >= 4 is 16.5 Å². The van der Waals surface area contributed by atoms with E-state index in [2.05, 4.69) is 31.1 Å². The van der Waals surface area contributed by atoms with Gasteiger partial charge in [-0.3, -0.25) is 0 Å². The topological polar surface area (TPSA) is 50.9 Å². The molecule has 1 saturated carbocycles. The molecule has 96 valence electrons. The number of rotatable bonds is 3. The number of nitrogens with one attached hydrogen (secondary N) is 1. The molecule has 17 heavy (non-hydrogen) atoms. The van der Waals surface area contributed by atoms with Gasteiger partial charge in [-0.2, -0.15) is 0 Å². The lowest BCUT2D eigenvalue weighted by atomic mass is 9.77. The van der Waals surface area contributed by atoms with E-state index in [1.165, 1.54) is 30.6 Å². The Bertz CT molecular complexity index is 359. The third-order valence-corrected chi connectivity index (χ3v) is 5.01. The standard InChI is InChI=1S/C13H23N3S/c1-9-4-6-13(8-14,7-5-9)16-12-15-10(2)11(3)17-12/h9H,4-8,14H2,1-3H3,(H,15,16). The van der Waals surface area contributed by atoms with Gasteiger partial charge in [-0.25, -0.2) is 4.98 Å². The molecule has 1 aromatic heterocycles. The number of aryl methyl sites for hydroxylation is 2. The lowest BCUT2D eigenvalue weighted by molar-refractivity contribution is 0.271. The molecule has 1 aromatic rings. The maximum Gasteiger partial charge on any atom is 0.183 e. The average Bonchev–Trinajstić information content (AvgIpc) is 2.62. The largest absolute Gasteiger partial charge is 0.355 e. The summed E-state index contributed by atoms with van der Waals surface area (Å²) in [6.45, 7) is 7.22. The van der Waals surface area contributed by atoms with E-state index in [-0.39, 0.29) is 5.54 Å². The van der Waals surface area contributed by atoms with Crippen molar-refractivity contribution in [3.63, 3.8) is 0 Å². The smallest absolute Gasteiger partial charge is 0.183 e. The van der Waals surface area contributed by atoms with Crippen LogP contribution < -0.4 is 11.1 Å². The van der Waals surface area contributed by atoms with Crippen LogP contribution in [0.2, 0.25) is 0 Å². The monoisotopic (exact) mass is 253 g/mol. The molecule has 1 aliphatic carbocycles. The summed E-state index contributed by atoms with van der Waals surface area (Å²) in [5.41, 5.74) is 7.21. The molecule has 1 aliphatic rings. The molecule has 2 rings (SSSR count). The van der Waals surface area contributed by atoms with Crippen molar-refractivity contribution in [1.29, 1.82) is 0 Å². The number of anilines is 1. The highest BCUT2D eigenvalue weighted by molar-refractivity contribution is 7.15. The van der Waals surface area contributed by atoms with Crippen molar-refractivity contribution in [2.24, 2.45) is 11.7 Å². The SMILES string of the molecule is Cc1nc(NC2(CN)CCC(C)CC2)sc1C. The molecule has 0 radical (unpaired) electrons. The van der Waals surface area contributed by atoms with Crippen LogP contribution in [0.15, 0.2) is 0 Å². The third-order valence-electron chi connectivity index (χ3n) is 4.02. The molecule has 1 heterocycles. The Kier molecular flexibility index (Phi) is 3.73. The Labute approximate surface area is 108 Å². The van der Waals surface area contributed by atoms with E-state index in [1.807, 2.05) is 0 Å². The summed E-state index contributed by atoms with van der Waals surface area (Å²) in [6.07, 6.45) is 4.88. The minimum Gasteiger partial charge on any atom is -0.355 e. The summed E-state index contributed by atoms with van der Waals surface area (Å²) in [5, 5.41) is 4.65. The first kappa shape index (κ1) is 12.8. The number of nitrogens with two attached hydrogens (primary N) is 1. The van der Waals surface area contributed by atoms with Crippen molar-refractivity contribution in [3.05, 3.63) is 10.6 Å². The summed E-state index contributed by atoms with van der Waals surface area (Å²) in [4.78, 5) is 5.86. The van der Waals surface area contributed by atoms with Crippen molar-refractivity contribution < 1.29 is 0 Å². The van der Waals surface area contributed by atoms with Crippen molar-refractivity contribution in [1.82, 2.24) is 4.98 Å². The van der Waals surface area contributed by atoms with E-state index in [4.69, 9.17) is 5.73 Å². The molecule has 0 unspecified atom stereocenters. The molecule has 0 aliphatic heterocycles. The molecule has 0 atom stereocenters. The minimum absolute atomic E-state index is 0.0866. The lowest BCUT2D eigenvalue weighted by Gasteiger charge is -2.39. The highest BCUT2D eigenvalue weighted by Gasteiger charge is 2.33. The molecule has 0 aromatic carbocycles. The first-order valence-corrected chi connectivity index (χ1v) is 7.28. The zero-order valence-corrected chi connectivity index (χ0v) is 11.9. The lowest BCUT2D eigenvalue weighted by Crippen LogP contribution is -2.48. The second kappa shape index (κ2) is 4.94. The summed E-state index contributed by atoms with van der Waals surface area (Å²) < 4.78 is 0. The number of thiazole rings is 1. The van der Waals surface area contributed by atoms with Gasteiger partial charge in [0, 0.05) is 11.4 Å². The first-order chi connectivity index (χ1) is 8.04. The Morgan fingerprint density at radius 1 is 1.41 bits per heavy atom. The molecular formula is C13H23N3S. The van der Waals surface area contributed by atoms with Crippen LogP contribution in [0, 0.1) is 19.8 Å². The van der Waals surface area contributed by atoms with Gasteiger partial charge >= 0.3 is 0 Å². The summed E-state index contributed by atoms with van der Waals surface area (Å²) >= 11 is 1.74. The molecular weight excluding hydrogens is 230 g/mol. The van der Waals surface area contributed by atoms with Crippen LogP contribution in [0.25, 0.3) is 0 Å². The average molecular weight is 253 g/mol. The second-order valence-electron chi connectivity index (χ2n) is 5.45. The number of hydrogen-bond donors (Lipinski definition) is 2. The number of aromatic nitrogens is 1. The van der Waals surface area contributed by atoms with Gasteiger partial charge in [0.15, 0.2) is 5.13 Å². The number of hydrogen-bond acceptors (Lipinski definition) is 4. The van der Waals surface area contributed by atoms with Crippen molar-refractivity contribution in [2.75, 3.05) is 11.9 Å². The van der Waals surface area contributed by atoms with Gasteiger partial charge in [-0.15, -0.1) is 11.3 Å². The van der Waals surface area contributed by atoms with Crippen LogP contribution in [0.3, 0.4) is 0 Å². The van der Waals surface area contributed by atoms with Gasteiger partial charge in [-0.05, 0) is 45.4 Å². The predicted octanol–water partition coefficient (Wildman–Crippen LogP) is 3.08. The molecule has 0 spiro atoms. The van der Waals surface area contributed by atoms with Crippen LogP contribution in [-0.4, -0.2) is 17.1 Å². The fourth-order valence-electron chi connectivity index (χ4n) is 2.45. The van der Waals surface area contributed by atoms with Crippen LogP contribution >= 0.6 is 11.3 Å². The third kappa shape index (κ3) is 2.80. The van der Waals surface area contributed by atoms with Gasteiger partial charge in [0.05, 0.1) is 11.2 Å². The van der Waals surface area contributed by atoms with Crippen molar-refractivity contribution in [3.8, 4) is 0 Å². The molecule has 4 heteroatoms. The molecule has 3 nitrogen and oxygen atoms in total. The van der Waals surface area contributed by atoms with E-state index in [0.29, 0.717) is 6.54 Å². The highest BCUT2D eigenvalue weighted by Crippen LogP contribution is 2.35. The predicted molar refractivity (Wildman–Crippen MR) is 74.6 cm³/mol. The zero-order valence-electron chi connectivity index (χ0n) is 11.0. The van der Waals surface area contributed by atoms with E-state index in [1.54, 1.807) is 11.3 Å². The second-order valence-corrected chi connectivity index (χ2v) is 6.66. The van der Waals surface area contributed by atoms with Gasteiger partial charge in [0.25, 0.3) is 0 Å². The molecule has 0 bridgehead atoms. The normalized spacial score (nSPS) is 29.3. The van der Waals surface area contributed by atoms with Crippen molar-refractivity contribution in [2.45, 2.75) is 52.0 Å². The van der Waals surface area contributed by atoms with Crippen LogP contribution in [0.1, 0.15) is 43.2 Å². The van der Waals surface area contributed by atoms with E-state index < -0.39 is 0 Å². The van der Waals surface area contributed by atoms with Gasteiger partial charge in [0.1, 0.15) is 0 Å². The fourth-order valence-corrected chi connectivity index (χ4v) is 3.38. The zero-order chi connectivity index (χ0) is 12.5.